The topological polar surface area (TPSA) is 106 Å². The molecule has 0 heterocycles. The number of nitrogens with one attached hydrogen (secondary N) is 2. The van der Waals surface area contributed by atoms with Gasteiger partial charge < -0.3 is 14.8 Å². The number of benzene rings is 3. The first-order valence-corrected chi connectivity index (χ1v) is 10.2. The number of halogens is 1. The van der Waals surface area contributed by atoms with Crippen molar-refractivity contribution in [1.29, 1.82) is 0 Å². The molecule has 0 aliphatic rings. The zero-order valence-electron chi connectivity index (χ0n) is 18.5. The van der Waals surface area contributed by atoms with Gasteiger partial charge in [0.25, 0.3) is 11.8 Å². The standard InChI is InChI=1S/C25H22FN3O5/c1-16-3-6-19(7-4-16)25(32)34-21-12-5-17(13-22(21)33-2)14-28-29-23(30)15-27-24(31)18-8-10-20(26)11-9-18/h3-14H,15H2,1-2H3,(H,27,31)(H,29,30)/b28-14-. The van der Waals surface area contributed by atoms with Crippen molar-refractivity contribution in [3.05, 3.63) is 94.8 Å². The van der Waals surface area contributed by atoms with E-state index in [1.165, 1.54) is 25.5 Å². The first kappa shape index (κ1) is 24.1. The normalized spacial score (nSPS) is 10.6. The lowest BCUT2D eigenvalue weighted by Gasteiger charge is -2.10. The summed E-state index contributed by atoms with van der Waals surface area (Å²) in [6.45, 7) is 1.61. The van der Waals surface area contributed by atoms with Crippen LogP contribution in [0.25, 0.3) is 0 Å². The Morgan fingerprint density at radius 1 is 0.941 bits per heavy atom. The lowest BCUT2D eigenvalue weighted by molar-refractivity contribution is -0.120. The van der Waals surface area contributed by atoms with Crippen molar-refractivity contribution < 1.29 is 28.2 Å². The molecule has 34 heavy (non-hydrogen) atoms. The molecule has 3 rings (SSSR count). The molecule has 2 amide bonds. The molecule has 3 aromatic carbocycles. The third-order valence-corrected chi connectivity index (χ3v) is 4.60. The fourth-order valence-corrected chi connectivity index (χ4v) is 2.78. The molecule has 174 valence electrons. The fraction of sp³-hybridized carbons (Fsp3) is 0.120. The van der Waals surface area contributed by atoms with Crippen LogP contribution in [0.1, 0.15) is 31.8 Å². The summed E-state index contributed by atoms with van der Waals surface area (Å²) >= 11 is 0. The highest BCUT2D eigenvalue weighted by Gasteiger charge is 2.13. The third-order valence-electron chi connectivity index (χ3n) is 4.60. The molecule has 0 bridgehead atoms. The predicted molar refractivity (Wildman–Crippen MR) is 124 cm³/mol. The smallest absolute Gasteiger partial charge is 0.343 e. The minimum atomic E-state index is -0.553. The lowest BCUT2D eigenvalue weighted by Crippen LogP contribution is -2.34. The molecule has 0 atom stereocenters. The van der Waals surface area contributed by atoms with Crippen LogP contribution >= 0.6 is 0 Å². The number of rotatable bonds is 8. The Balaban J connectivity index is 1.53. The average Bonchev–Trinajstić information content (AvgIpc) is 2.84. The second kappa shape index (κ2) is 11.4. The van der Waals surface area contributed by atoms with E-state index >= 15 is 0 Å². The van der Waals surface area contributed by atoms with E-state index in [1.54, 1.807) is 30.3 Å². The number of methoxy groups -OCH3 is 1. The summed E-state index contributed by atoms with van der Waals surface area (Å²) in [6.07, 6.45) is 1.37. The van der Waals surface area contributed by atoms with Gasteiger partial charge in [-0.25, -0.2) is 14.6 Å². The summed E-state index contributed by atoms with van der Waals surface area (Å²) in [5, 5.41) is 6.25. The highest BCUT2D eigenvalue weighted by molar-refractivity contribution is 5.96. The number of amides is 2. The Hall–Kier alpha value is -4.53. The van der Waals surface area contributed by atoms with Crippen LogP contribution in [0.4, 0.5) is 4.39 Å². The van der Waals surface area contributed by atoms with Gasteiger partial charge >= 0.3 is 5.97 Å². The van der Waals surface area contributed by atoms with Crippen molar-refractivity contribution in [2.45, 2.75) is 6.92 Å². The van der Waals surface area contributed by atoms with Gasteiger partial charge in [0.2, 0.25) is 0 Å². The van der Waals surface area contributed by atoms with Crippen LogP contribution in [0, 0.1) is 12.7 Å². The number of esters is 1. The number of hydrazone groups is 1. The molecular weight excluding hydrogens is 441 g/mol. The quantitative estimate of drug-likeness (QED) is 0.231. The van der Waals surface area contributed by atoms with Crippen LogP contribution in [0.5, 0.6) is 11.5 Å². The van der Waals surface area contributed by atoms with Gasteiger partial charge in [-0.3, -0.25) is 9.59 Å². The molecule has 0 saturated carbocycles. The van der Waals surface area contributed by atoms with Crippen LogP contribution < -0.4 is 20.2 Å². The highest BCUT2D eigenvalue weighted by atomic mass is 19.1. The monoisotopic (exact) mass is 463 g/mol. The molecule has 0 aliphatic carbocycles. The summed E-state index contributed by atoms with van der Waals surface area (Å²) in [6, 6.07) is 16.7. The Bertz CT molecular complexity index is 1210. The zero-order valence-corrected chi connectivity index (χ0v) is 18.5. The van der Waals surface area contributed by atoms with E-state index in [0.29, 0.717) is 16.9 Å². The van der Waals surface area contributed by atoms with E-state index in [2.05, 4.69) is 15.8 Å². The van der Waals surface area contributed by atoms with Crippen LogP contribution in [-0.4, -0.2) is 37.7 Å². The molecule has 2 N–H and O–H groups in total. The van der Waals surface area contributed by atoms with Crippen LogP contribution in [0.2, 0.25) is 0 Å². The summed E-state index contributed by atoms with van der Waals surface area (Å²) in [5.74, 6) is -1.51. The Morgan fingerprint density at radius 3 is 2.29 bits per heavy atom. The molecule has 0 fully saturated rings. The Morgan fingerprint density at radius 2 is 1.62 bits per heavy atom. The summed E-state index contributed by atoms with van der Waals surface area (Å²) < 4.78 is 23.6. The molecule has 0 saturated heterocycles. The second-order valence-electron chi connectivity index (χ2n) is 7.15. The maximum absolute atomic E-state index is 12.9. The number of ether oxygens (including phenoxy) is 2. The summed E-state index contributed by atoms with van der Waals surface area (Å²) in [7, 11) is 1.44. The largest absolute Gasteiger partial charge is 0.493 e. The van der Waals surface area contributed by atoms with Crippen molar-refractivity contribution in [2.24, 2.45) is 5.10 Å². The van der Waals surface area contributed by atoms with Crippen molar-refractivity contribution in [3.8, 4) is 11.5 Å². The molecule has 0 radical (unpaired) electrons. The summed E-state index contributed by atoms with van der Waals surface area (Å²) in [5.41, 5.74) is 4.53. The average molecular weight is 463 g/mol. The SMILES string of the molecule is COc1cc(/C=N\NC(=O)CNC(=O)c2ccc(F)cc2)ccc1OC(=O)c1ccc(C)cc1. The maximum Gasteiger partial charge on any atom is 0.343 e. The second-order valence-corrected chi connectivity index (χ2v) is 7.15. The lowest BCUT2D eigenvalue weighted by atomic mass is 10.1. The molecule has 0 aromatic heterocycles. The van der Waals surface area contributed by atoms with E-state index in [4.69, 9.17) is 9.47 Å². The van der Waals surface area contributed by atoms with Crippen LogP contribution in [0.15, 0.2) is 71.8 Å². The number of carbonyl (C=O) groups is 3. The fourth-order valence-electron chi connectivity index (χ4n) is 2.78. The van der Waals surface area contributed by atoms with E-state index < -0.39 is 23.6 Å². The summed E-state index contributed by atoms with van der Waals surface area (Å²) in [4.78, 5) is 36.2. The third kappa shape index (κ3) is 6.73. The molecule has 0 aliphatic heterocycles. The van der Waals surface area contributed by atoms with Gasteiger partial charge in [0, 0.05) is 5.56 Å². The highest BCUT2D eigenvalue weighted by Crippen LogP contribution is 2.28. The number of hydrogen-bond acceptors (Lipinski definition) is 6. The number of hydrogen-bond donors (Lipinski definition) is 2. The van der Waals surface area contributed by atoms with Crippen molar-refractivity contribution >= 4 is 24.0 Å². The van der Waals surface area contributed by atoms with Crippen molar-refractivity contribution in [2.75, 3.05) is 13.7 Å². The van der Waals surface area contributed by atoms with Gasteiger partial charge in [0.05, 0.1) is 25.4 Å². The molecule has 0 unspecified atom stereocenters. The maximum atomic E-state index is 12.9. The number of nitrogens with zero attached hydrogens (tertiary/aromatic N) is 1. The predicted octanol–water partition coefficient (Wildman–Crippen LogP) is 3.24. The molecular formula is C25H22FN3O5. The number of aryl methyl sites for hydroxylation is 1. The zero-order chi connectivity index (χ0) is 24.5. The Kier molecular flexibility index (Phi) is 8.07. The minimum absolute atomic E-state index is 0.230. The molecule has 0 spiro atoms. The van der Waals surface area contributed by atoms with E-state index in [0.717, 1.165) is 17.7 Å². The van der Waals surface area contributed by atoms with Gasteiger partial charge in [-0.05, 0) is 67.1 Å². The van der Waals surface area contributed by atoms with Crippen molar-refractivity contribution in [3.63, 3.8) is 0 Å². The first-order valence-electron chi connectivity index (χ1n) is 10.2. The van der Waals surface area contributed by atoms with Gasteiger partial charge in [0.1, 0.15) is 5.82 Å². The molecule has 9 heteroatoms. The van der Waals surface area contributed by atoms with E-state index in [9.17, 15) is 18.8 Å². The number of carbonyl (C=O) groups excluding carboxylic acids is 3. The molecule has 3 aromatic rings. The van der Waals surface area contributed by atoms with E-state index in [-0.39, 0.29) is 17.9 Å². The van der Waals surface area contributed by atoms with Gasteiger partial charge in [-0.2, -0.15) is 5.10 Å². The minimum Gasteiger partial charge on any atom is -0.493 e. The first-order chi connectivity index (χ1) is 16.4. The van der Waals surface area contributed by atoms with Gasteiger partial charge in [0.15, 0.2) is 11.5 Å². The molecule has 8 nitrogen and oxygen atoms in total. The van der Waals surface area contributed by atoms with Crippen LogP contribution in [-0.2, 0) is 4.79 Å². The van der Waals surface area contributed by atoms with Crippen LogP contribution in [0.3, 0.4) is 0 Å². The van der Waals surface area contributed by atoms with Gasteiger partial charge in [-0.1, -0.05) is 17.7 Å². The van der Waals surface area contributed by atoms with E-state index in [1.807, 2.05) is 19.1 Å². The van der Waals surface area contributed by atoms with Crippen molar-refractivity contribution in [1.82, 2.24) is 10.7 Å². The Labute approximate surface area is 195 Å². The van der Waals surface area contributed by atoms with Gasteiger partial charge in [-0.15, -0.1) is 0 Å².